The number of carbonyl (C=O) groups excluding carboxylic acids is 2. The predicted molar refractivity (Wildman–Crippen MR) is 122 cm³/mol. The van der Waals surface area contributed by atoms with Gasteiger partial charge in [0.05, 0.1) is 12.0 Å². The number of ether oxygens (including phenoxy) is 2. The van der Waals surface area contributed by atoms with E-state index in [-0.39, 0.29) is 18.6 Å². The van der Waals surface area contributed by atoms with Crippen LogP contribution in [0.15, 0.2) is 48.5 Å². The molecule has 1 atom stereocenters. The highest BCUT2D eigenvalue weighted by Gasteiger charge is 2.29. The van der Waals surface area contributed by atoms with Crippen LogP contribution in [0.2, 0.25) is 0 Å². The van der Waals surface area contributed by atoms with E-state index >= 15 is 0 Å². The number of rotatable bonds is 7. The van der Waals surface area contributed by atoms with E-state index in [0.717, 1.165) is 34.9 Å². The monoisotopic (exact) mass is 438 g/mol. The smallest absolute Gasteiger partial charge is 0.260 e. The van der Waals surface area contributed by atoms with E-state index < -0.39 is 5.91 Å². The van der Waals surface area contributed by atoms with Crippen LogP contribution < -0.4 is 15.2 Å². The third kappa shape index (κ3) is 4.51. The van der Waals surface area contributed by atoms with Crippen molar-refractivity contribution in [2.24, 2.45) is 5.73 Å². The average molecular weight is 439 g/mol. The lowest BCUT2D eigenvalue weighted by Crippen LogP contribution is -2.47. The Morgan fingerprint density at radius 1 is 1.10 bits per heavy atom. The third-order valence-electron chi connectivity index (χ3n) is 5.73. The Labute approximate surface area is 185 Å². The largest absolute Gasteiger partial charge is 0.493 e. The van der Waals surface area contributed by atoms with Gasteiger partial charge < -0.3 is 20.1 Å². The van der Waals surface area contributed by atoms with E-state index in [4.69, 9.17) is 15.2 Å². The summed E-state index contributed by atoms with van der Waals surface area (Å²) < 4.78 is 12.1. The Balaban J connectivity index is 1.53. The van der Waals surface area contributed by atoms with Crippen molar-refractivity contribution in [2.45, 2.75) is 31.7 Å². The molecule has 1 aliphatic heterocycles. The Hall–Kier alpha value is -3.06. The van der Waals surface area contributed by atoms with Crippen LogP contribution in [0, 0.1) is 0 Å². The summed E-state index contributed by atoms with van der Waals surface area (Å²) in [6, 6.07) is 15.3. The second kappa shape index (κ2) is 9.39. The molecular weight excluding hydrogens is 412 g/mol. The Morgan fingerprint density at radius 2 is 1.84 bits per heavy atom. The predicted octanol–water partition coefficient (Wildman–Crippen LogP) is 4.01. The summed E-state index contributed by atoms with van der Waals surface area (Å²) in [6.45, 7) is 0.636. The fourth-order valence-corrected chi connectivity index (χ4v) is 5.32. The first kappa shape index (κ1) is 21.2. The second-order valence-electron chi connectivity index (χ2n) is 7.65. The van der Waals surface area contributed by atoms with Gasteiger partial charge in [-0.15, -0.1) is 11.3 Å². The number of para-hydroxylation sites is 2. The zero-order valence-electron chi connectivity index (χ0n) is 17.5. The van der Waals surface area contributed by atoms with Crippen LogP contribution in [0.4, 0.5) is 0 Å². The number of methoxy groups -OCH3 is 1. The molecule has 0 aliphatic carbocycles. The van der Waals surface area contributed by atoms with Crippen molar-refractivity contribution in [2.75, 3.05) is 20.3 Å². The molecule has 0 spiro atoms. The molecule has 0 bridgehead atoms. The molecule has 0 radical (unpaired) electrons. The van der Waals surface area contributed by atoms with Gasteiger partial charge in [-0.1, -0.05) is 30.3 Å². The van der Waals surface area contributed by atoms with Gasteiger partial charge in [0.2, 0.25) is 0 Å². The topological polar surface area (TPSA) is 81.9 Å². The van der Waals surface area contributed by atoms with Crippen molar-refractivity contribution >= 4 is 33.2 Å². The third-order valence-corrected chi connectivity index (χ3v) is 6.96. The SMILES string of the molecule is COc1ccccc1OCC(=O)N1CCCC[C@@H]1Cc1c(C(N)=O)sc2ccccc12. The number of nitrogens with zero attached hydrogens (tertiary/aromatic N) is 1. The number of benzene rings is 2. The molecule has 6 nitrogen and oxygen atoms in total. The second-order valence-corrected chi connectivity index (χ2v) is 8.70. The highest BCUT2D eigenvalue weighted by Crippen LogP contribution is 2.34. The van der Waals surface area contributed by atoms with Crippen molar-refractivity contribution in [3.8, 4) is 11.5 Å². The van der Waals surface area contributed by atoms with Crippen LogP contribution in [0.25, 0.3) is 10.1 Å². The maximum atomic E-state index is 13.1. The van der Waals surface area contributed by atoms with Gasteiger partial charge in [-0.05, 0) is 54.8 Å². The van der Waals surface area contributed by atoms with Crippen LogP contribution in [0.1, 0.15) is 34.5 Å². The molecule has 3 aromatic rings. The molecule has 1 saturated heterocycles. The molecule has 2 aromatic carbocycles. The Bertz CT molecular complexity index is 1090. The van der Waals surface area contributed by atoms with Crippen molar-refractivity contribution in [3.05, 3.63) is 59.0 Å². The maximum absolute atomic E-state index is 13.1. The van der Waals surface area contributed by atoms with E-state index in [9.17, 15) is 9.59 Å². The molecule has 162 valence electrons. The molecule has 1 fully saturated rings. The van der Waals surface area contributed by atoms with Crippen molar-refractivity contribution in [1.82, 2.24) is 4.90 Å². The van der Waals surface area contributed by atoms with E-state index in [2.05, 4.69) is 0 Å². The van der Waals surface area contributed by atoms with Gasteiger partial charge in [-0.2, -0.15) is 0 Å². The first-order chi connectivity index (χ1) is 15.1. The number of piperidine rings is 1. The zero-order chi connectivity index (χ0) is 21.8. The Kier molecular flexibility index (Phi) is 6.42. The first-order valence-corrected chi connectivity index (χ1v) is 11.3. The van der Waals surface area contributed by atoms with Crippen LogP contribution in [0.3, 0.4) is 0 Å². The molecule has 0 unspecified atom stereocenters. The summed E-state index contributed by atoms with van der Waals surface area (Å²) in [7, 11) is 1.58. The lowest BCUT2D eigenvalue weighted by atomic mass is 9.94. The fraction of sp³-hybridized carbons (Fsp3) is 0.333. The minimum Gasteiger partial charge on any atom is -0.493 e. The Morgan fingerprint density at radius 3 is 2.61 bits per heavy atom. The van der Waals surface area contributed by atoms with Crippen LogP contribution in [-0.2, 0) is 11.2 Å². The number of hydrogen-bond donors (Lipinski definition) is 1. The number of carbonyl (C=O) groups is 2. The number of likely N-dealkylation sites (tertiary alicyclic amines) is 1. The van der Waals surface area contributed by atoms with Gasteiger partial charge in [-0.3, -0.25) is 9.59 Å². The van der Waals surface area contributed by atoms with Crippen LogP contribution >= 0.6 is 11.3 Å². The number of nitrogens with two attached hydrogens (primary N) is 1. The fourth-order valence-electron chi connectivity index (χ4n) is 4.24. The van der Waals surface area contributed by atoms with E-state index in [1.807, 2.05) is 41.3 Å². The summed E-state index contributed by atoms with van der Waals surface area (Å²) in [5.74, 6) is 0.674. The average Bonchev–Trinajstić information content (AvgIpc) is 3.17. The number of hydrogen-bond acceptors (Lipinski definition) is 5. The molecule has 2 amide bonds. The molecule has 7 heteroatoms. The summed E-state index contributed by atoms with van der Waals surface area (Å²) in [6.07, 6.45) is 3.52. The molecule has 1 aromatic heterocycles. The van der Waals surface area contributed by atoms with Gasteiger partial charge in [0, 0.05) is 17.3 Å². The summed E-state index contributed by atoms with van der Waals surface area (Å²) in [5, 5.41) is 1.05. The van der Waals surface area contributed by atoms with E-state index in [0.29, 0.717) is 29.3 Å². The lowest BCUT2D eigenvalue weighted by molar-refractivity contribution is -0.137. The van der Waals surface area contributed by atoms with E-state index in [1.54, 1.807) is 19.2 Å². The molecule has 31 heavy (non-hydrogen) atoms. The van der Waals surface area contributed by atoms with Crippen molar-refractivity contribution in [3.63, 3.8) is 0 Å². The summed E-state index contributed by atoms with van der Waals surface area (Å²) in [5.41, 5.74) is 6.62. The molecule has 2 heterocycles. The van der Waals surface area contributed by atoms with Crippen LogP contribution in [-0.4, -0.2) is 43.0 Å². The number of thiophene rings is 1. The lowest BCUT2D eigenvalue weighted by Gasteiger charge is -2.36. The highest BCUT2D eigenvalue weighted by atomic mass is 32.1. The first-order valence-electron chi connectivity index (χ1n) is 10.4. The molecule has 0 saturated carbocycles. The van der Waals surface area contributed by atoms with Gasteiger partial charge in [-0.25, -0.2) is 0 Å². The van der Waals surface area contributed by atoms with Gasteiger partial charge in [0.1, 0.15) is 0 Å². The molecular formula is C24H26N2O4S. The normalized spacial score (nSPS) is 16.3. The van der Waals surface area contributed by atoms with Crippen molar-refractivity contribution < 1.29 is 19.1 Å². The zero-order valence-corrected chi connectivity index (χ0v) is 18.3. The number of fused-ring (bicyclic) bond motifs is 1. The van der Waals surface area contributed by atoms with E-state index in [1.165, 1.54) is 11.3 Å². The molecule has 4 rings (SSSR count). The highest BCUT2D eigenvalue weighted by molar-refractivity contribution is 7.21. The standard InChI is InChI=1S/C24H26N2O4S/c1-29-19-10-3-4-11-20(19)30-15-22(27)26-13-7-6-8-16(26)14-18-17-9-2-5-12-21(17)31-23(18)24(25)28/h2-5,9-12,16H,6-8,13-15H2,1H3,(H2,25,28)/t16-/m1/s1. The minimum atomic E-state index is -0.413. The summed E-state index contributed by atoms with van der Waals surface area (Å²) in [4.78, 5) is 27.6. The van der Waals surface area contributed by atoms with Crippen molar-refractivity contribution in [1.29, 1.82) is 0 Å². The van der Waals surface area contributed by atoms with Gasteiger partial charge >= 0.3 is 0 Å². The number of amides is 2. The van der Waals surface area contributed by atoms with Gasteiger partial charge in [0.15, 0.2) is 18.1 Å². The molecule has 1 aliphatic rings. The quantitative estimate of drug-likeness (QED) is 0.604. The molecule has 2 N–H and O–H groups in total. The van der Waals surface area contributed by atoms with Crippen LogP contribution in [0.5, 0.6) is 11.5 Å². The van der Waals surface area contributed by atoms with Gasteiger partial charge in [0.25, 0.3) is 11.8 Å². The minimum absolute atomic E-state index is 0.0126. The summed E-state index contributed by atoms with van der Waals surface area (Å²) >= 11 is 1.43. The number of primary amides is 1. The maximum Gasteiger partial charge on any atom is 0.260 e.